The topological polar surface area (TPSA) is 73.9 Å². The monoisotopic (exact) mass is 334 g/mol. The Balaban J connectivity index is 1.65. The minimum atomic E-state index is -0.538. The largest absolute Gasteiger partial charge is 0.497 e. The summed E-state index contributed by atoms with van der Waals surface area (Å²) in [5.74, 6) is 0.449. The van der Waals surface area contributed by atoms with Crippen LogP contribution in [0.15, 0.2) is 71.9 Å². The first-order valence-electron chi connectivity index (χ1n) is 7.81. The summed E-state index contributed by atoms with van der Waals surface area (Å²) in [4.78, 5) is 17.1. The van der Waals surface area contributed by atoms with Gasteiger partial charge in [0.15, 0.2) is 0 Å². The highest BCUT2D eigenvalue weighted by Gasteiger charge is 2.08. The molecular weight excluding hydrogens is 316 g/mol. The standard InChI is InChI=1S/C20H18N2O3/c1-24-18-10-6-14(7-11-18)12-19(21)22-25-20(23)17-9-8-15-4-2-3-5-16(15)13-17/h2-11,13H,12H2,1H3,(H2,21,22). The lowest BCUT2D eigenvalue weighted by Gasteiger charge is -2.04. The normalized spacial score (nSPS) is 11.3. The van der Waals surface area contributed by atoms with E-state index in [9.17, 15) is 4.79 Å². The van der Waals surface area contributed by atoms with Crippen LogP contribution >= 0.6 is 0 Å². The Morgan fingerprint density at radius 1 is 1.00 bits per heavy atom. The quantitative estimate of drug-likeness (QED) is 0.335. The molecule has 0 saturated carbocycles. The van der Waals surface area contributed by atoms with Gasteiger partial charge in [-0.2, -0.15) is 0 Å². The number of rotatable bonds is 5. The fourth-order valence-corrected chi connectivity index (χ4v) is 2.45. The van der Waals surface area contributed by atoms with E-state index in [1.165, 1.54) is 0 Å². The third-order valence-electron chi connectivity index (χ3n) is 3.78. The Morgan fingerprint density at radius 3 is 2.44 bits per heavy atom. The average Bonchev–Trinajstić information content (AvgIpc) is 2.66. The maximum Gasteiger partial charge on any atom is 0.365 e. The van der Waals surface area contributed by atoms with Crippen molar-refractivity contribution < 1.29 is 14.4 Å². The van der Waals surface area contributed by atoms with E-state index in [4.69, 9.17) is 15.3 Å². The molecule has 0 aliphatic rings. The van der Waals surface area contributed by atoms with Crippen LogP contribution < -0.4 is 10.5 Å². The number of nitrogens with two attached hydrogens (primary N) is 1. The lowest BCUT2D eigenvalue weighted by Crippen LogP contribution is -2.16. The van der Waals surface area contributed by atoms with E-state index in [0.717, 1.165) is 22.1 Å². The molecule has 0 saturated heterocycles. The summed E-state index contributed by atoms with van der Waals surface area (Å²) >= 11 is 0. The third-order valence-corrected chi connectivity index (χ3v) is 3.78. The zero-order valence-electron chi connectivity index (χ0n) is 13.8. The van der Waals surface area contributed by atoms with Gasteiger partial charge in [0.05, 0.1) is 12.7 Å². The maximum absolute atomic E-state index is 12.1. The molecule has 126 valence electrons. The molecule has 5 nitrogen and oxygen atoms in total. The molecule has 0 fully saturated rings. The molecule has 0 aliphatic carbocycles. The van der Waals surface area contributed by atoms with Crippen LogP contribution in [0.2, 0.25) is 0 Å². The number of carbonyl (C=O) groups excluding carboxylic acids is 1. The number of fused-ring (bicyclic) bond motifs is 1. The van der Waals surface area contributed by atoms with Crippen LogP contribution in [0.3, 0.4) is 0 Å². The Morgan fingerprint density at radius 2 is 1.72 bits per heavy atom. The van der Waals surface area contributed by atoms with E-state index in [2.05, 4.69) is 5.16 Å². The van der Waals surface area contributed by atoms with E-state index < -0.39 is 5.97 Å². The molecule has 3 aromatic rings. The molecule has 0 amide bonds. The molecular formula is C20H18N2O3. The number of nitrogens with zero attached hydrogens (tertiary/aromatic N) is 1. The Bertz CT molecular complexity index is 918. The van der Waals surface area contributed by atoms with Crippen molar-refractivity contribution in [2.45, 2.75) is 6.42 Å². The molecule has 25 heavy (non-hydrogen) atoms. The summed E-state index contributed by atoms with van der Waals surface area (Å²) in [6.45, 7) is 0. The second kappa shape index (κ2) is 7.49. The smallest absolute Gasteiger partial charge is 0.365 e. The SMILES string of the molecule is COc1ccc(C/C(N)=N/OC(=O)c2ccc3ccccc3c2)cc1. The average molecular weight is 334 g/mol. The van der Waals surface area contributed by atoms with Gasteiger partial charge in [-0.05, 0) is 40.6 Å². The van der Waals surface area contributed by atoms with Crippen LogP contribution in [0.1, 0.15) is 15.9 Å². The number of oxime groups is 1. The van der Waals surface area contributed by atoms with Gasteiger partial charge >= 0.3 is 5.97 Å². The van der Waals surface area contributed by atoms with E-state index in [0.29, 0.717) is 12.0 Å². The molecule has 0 spiro atoms. The summed E-state index contributed by atoms with van der Waals surface area (Å²) in [5.41, 5.74) is 7.21. The first-order chi connectivity index (χ1) is 12.2. The molecule has 0 unspecified atom stereocenters. The lowest BCUT2D eigenvalue weighted by atomic mass is 10.1. The Kier molecular flexibility index (Phi) is 4.95. The zero-order chi connectivity index (χ0) is 17.6. The predicted molar refractivity (Wildman–Crippen MR) is 97.7 cm³/mol. The second-order valence-corrected chi connectivity index (χ2v) is 5.55. The molecule has 0 aromatic heterocycles. The Labute approximate surface area is 145 Å². The molecule has 0 bridgehead atoms. The minimum Gasteiger partial charge on any atom is -0.497 e. The van der Waals surface area contributed by atoms with Crippen molar-refractivity contribution in [2.75, 3.05) is 7.11 Å². The van der Waals surface area contributed by atoms with E-state index in [1.807, 2.05) is 54.6 Å². The number of hydrogen-bond donors (Lipinski definition) is 1. The van der Waals surface area contributed by atoms with Crippen molar-refractivity contribution in [3.05, 3.63) is 77.9 Å². The summed E-state index contributed by atoms with van der Waals surface area (Å²) in [5, 5.41) is 5.75. The first kappa shape index (κ1) is 16.5. The van der Waals surface area contributed by atoms with Crippen molar-refractivity contribution in [1.29, 1.82) is 0 Å². The number of amidine groups is 1. The molecule has 3 rings (SSSR count). The molecule has 0 radical (unpaired) electrons. The summed E-state index contributed by atoms with van der Waals surface area (Å²) in [6, 6.07) is 20.6. The highest BCUT2D eigenvalue weighted by Crippen LogP contribution is 2.16. The van der Waals surface area contributed by atoms with Gasteiger partial charge < -0.3 is 15.3 Å². The van der Waals surface area contributed by atoms with Gasteiger partial charge in [0.25, 0.3) is 0 Å². The van der Waals surface area contributed by atoms with Crippen molar-refractivity contribution >= 4 is 22.6 Å². The highest BCUT2D eigenvalue weighted by atomic mass is 16.7. The number of benzene rings is 3. The van der Waals surface area contributed by atoms with Crippen LogP contribution in [0.25, 0.3) is 10.8 Å². The predicted octanol–water partition coefficient (Wildman–Crippen LogP) is 3.52. The molecule has 0 aliphatic heterocycles. The van der Waals surface area contributed by atoms with Crippen molar-refractivity contribution in [3.8, 4) is 5.75 Å². The van der Waals surface area contributed by atoms with Gasteiger partial charge in [-0.1, -0.05) is 47.6 Å². The van der Waals surface area contributed by atoms with Crippen LogP contribution in [0.4, 0.5) is 0 Å². The summed E-state index contributed by atoms with van der Waals surface area (Å²) in [6.07, 6.45) is 0.384. The fourth-order valence-electron chi connectivity index (χ4n) is 2.45. The molecule has 5 heteroatoms. The molecule has 0 heterocycles. The number of methoxy groups -OCH3 is 1. The highest BCUT2D eigenvalue weighted by molar-refractivity contribution is 5.95. The fraction of sp³-hybridized carbons (Fsp3) is 0.100. The summed E-state index contributed by atoms with van der Waals surface area (Å²) in [7, 11) is 1.61. The van der Waals surface area contributed by atoms with Gasteiger partial charge in [0.1, 0.15) is 11.6 Å². The molecule has 2 N–H and O–H groups in total. The van der Waals surface area contributed by atoms with E-state index in [-0.39, 0.29) is 5.84 Å². The second-order valence-electron chi connectivity index (χ2n) is 5.55. The van der Waals surface area contributed by atoms with E-state index >= 15 is 0 Å². The van der Waals surface area contributed by atoms with Crippen molar-refractivity contribution in [3.63, 3.8) is 0 Å². The lowest BCUT2D eigenvalue weighted by molar-refractivity contribution is 0.0515. The van der Waals surface area contributed by atoms with Gasteiger partial charge in [-0.3, -0.25) is 0 Å². The van der Waals surface area contributed by atoms with Gasteiger partial charge in [0.2, 0.25) is 0 Å². The van der Waals surface area contributed by atoms with E-state index in [1.54, 1.807) is 19.2 Å². The summed E-state index contributed by atoms with van der Waals surface area (Å²) < 4.78 is 5.10. The van der Waals surface area contributed by atoms with Gasteiger partial charge in [-0.25, -0.2) is 4.79 Å². The number of carbonyl (C=O) groups is 1. The van der Waals surface area contributed by atoms with Crippen molar-refractivity contribution in [1.82, 2.24) is 0 Å². The molecule has 0 atom stereocenters. The van der Waals surface area contributed by atoms with Gasteiger partial charge in [0, 0.05) is 6.42 Å². The first-order valence-corrected chi connectivity index (χ1v) is 7.81. The van der Waals surface area contributed by atoms with Crippen LogP contribution in [-0.2, 0) is 11.3 Å². The third kappa shape index (κ3) is 4.14. The zero-order valence-corrected chi connectivity index (χ0v) is 13.8. The maximum atomic E-state index is 12.1. The minimum absolute atomic E-state index is 0.222. The number of ether oxygens (including phenoxy) is 1. The van der Waals surface area contributed by atoms with Gasteiger partial charge in [-0.15, -0.1) is 0 Å². The Hall–Kier alpha value is -3.34. The number of hydrogen-bond acceptors (Lipinski definition) is 4. The van der Waals surface area contributed by atoms with Crippen LogP contribution in [0.5, 0.6) is 5.75 Å². The molecule has 3 aromatic carbocycles. The van der Waals surface area contributed by atoms with Crippen LogP contribution in [0, 0.1) is 0 Å². The van der Waals surface area contributed by atoms with Crippen molar-refractivity contribution in [2.24, 2.45) is 10.9 Å². The van der Waals surface area contributed by atoms with Crippen LogP contribution in [-0.4, -0.2) is 18.9 Å².